The summed E-state index contributed by atoms with van der Waals surface area (Å²) in [6.07, 6.45) is 1.93. The predicted octanol–water partition coefficient (Wildman–Crippen LogP) is 7.17. The third-order valence-electron chi connectivity index (χ3n) is 5.31. The largest absolute Gasteiger partial charge is 0.453 e. The highest BCUT2D eigenvalue weighted by molar-refractivity contribution is 7.18. The molecule has 28 heavy (non-hydrogen) atoms. The summed E-state index contributed by atoms with van der Waals surface area (Å²) < 4.78 is 7.62. The normalized spacial score (nSPS) is 12.5. The highest BCUT2D eigenvalue weighted by atomic mass is 32.1. The summed E-state index contributed by atoms with van der Waals surface area (Å²) >= 11 is 1.75. The Kier molecular flexibility index (Phi) is 3.65. The molecule has 0 fully saturated rings. The third kappa shape index (κ3) is 2.55. The van der Waals surface area contributed by atoms with Crippen molar-refractivity contribution in [1.82, 2.24) is 9.97 Å². The van der Waals surface area contributed by atoms with Crippen molar-refractivity contribution in [2.24, 2.45) is 0 Å². The van der Waals surface area contributed by atoms with Gasteiger partial charge in [0.15, 0.2) is 5.58 Å². The van der Waals surface area contributed by atoms with Gasteiger partial charge < -0.3 is 4.42 Å². The SMILES string of the molecule is Cc1cnc(-c2cccc3c2oc2c3ccc3sc(C(C)(C)C)nc32)cc1C. The van der Waals surface area contributed by atoms with E-state index in [0.717, 1.165) is 43.7 Å². The second kappa shape index (κ2) is 5.89. The molecule has 0 bridgehead atoms. The maximum Gasteiger partial charge on any atom is 0.162 e. The second-order valence-electron chi connectivity index (χ2n) is 8.50. The van der Waals surface area contributed by atoms with Crippen LogP contribution < -0.4 is 0 Å². The van der Waals surface area contributed by atoms with E-state index in [1.165, 1.54) is 15.8 Å². The monoisotopic (exact) mass is 386 g/mol. The molecule has 0 aliphatic carbocycles. The lowest BCUT2D eigenvalue weighted by Gasteiger charge is -2.13. The third-order valence-corrected chi connectivity index (χ3v) is 6.76. The van der Waals surface area contributed by atoms with E-state index < -0.39 is 0 Å². The smallest absolute Gasteiger partial charge is 0.162 e. The molecular formula is C24H22N2OS. The minimum atomic E-state index is 0.0243. The molecular weight excluding hydrogens is 364 g/mol. The molecule has 0 aliphatic heterocycles. The fraction of sp³-hybridized carbons (Fsp3) is 0.250. The van der Waals surface area contributed by atoms with E-state index >= 15 is 0 Å². The molecule has 0 aliphatic rings. The number of rotatable bonds is 1. The fourth-order valence-corrected chi connectivity index (χ4v) is 4.56. The van der Waals surface area contributed by atoms with Crippen molar-refractivity contribution in [2.45, 2.75) is 40.0 Å². The van der Waals surface area contributed by atoms with Crippen LogP contribution in [0.25, 0.3) is 43.4 Å². The number of hydrogen-bond donors (Lipinski definition) is 0. The minimum Gasteiger partial charge on any atom is -0.453 e. The first-order valence-corrected chi connectivity index (χ1v) is 10.3. The zero-order chi connectivity index (χ0) is 19.6. The average Bonchev–Trinajstić information content (AvgIpc) is 3.24. The summed E-state index contributed by atoms with van der Waals surface area (Å²) in [7, 11) is 0. The number of para-hydroxylation sites is 1. The minimum absolute atomic E-state index is 0.0243. The number of pyridine rings is 1. The van der Waals surface area contributed by atoms with Crippen LogP contribution in [-0.2, 0) is 5.41 Å². The Hall–Kier alpha value is -2.72. The number of benzene rings is 2. The quantitative estimate of drug-likeness (QED) is 0.306. The molecule has 0 amide bonds. The van der Waals surface area contributed by atoms with Crippen LogP contribution in [0.3, 0.4) is 0 Å². The van der Waals surface area contributed by atoms with E-state index in [9.17, 15) is 0 Å². The van der Waals surface area contributed by atoms with E-state index in [-0.39, 0.29) is 5.41 Å². The van der Waals surface area contributed by atoms with Crippen LogP contribution in [-0.4, -0.2) is 9.97 Å². The number of furan rings is 1. The molecule has 3 nitrogen and oxygen atoms in total. The number of fused-ring (bicyclic) bond motifs is 5. The first-order chi connectivity index (χ1) is 13.3. The van der Waals surface area contributed by atoms with Crippen molar-refractivity contribution in [3.8, 4) is 11.3 Å². The first kappa shape index (κ1) is 17.4. The van der Waals surface area contributed by atoms with Gasteiger partial charge >= 0.3 is 0 Å². The van der Waals surface area contributed by atoms with E-state index in [1.807, 2.05) is 6.20 Å². The molecule has 3 aromatic heterocycles. The number of hydrogen-bond acceptors (Lipinski definition) is 4. The molecule has 3 heterocycles. The van der Waals surface area contributed by atoms with E-state index in [2.05, 4.69) is 76.0 Å². The molecule has 4 heteroatoms. The molecule has 140 valence electrons. The lowest BCUT2D eigenvalue weighted by Crippen LogP contribution is -2.09. The topological polar surface area (TPSA) is 38.9 Å². The molecule has 0 unspecified atom stereocenters. The number of aryl methyl sites for hydroxylation is 2. The maximum atomic E-state index is 6.45. The molecule has 0 saturated carbocycles. The average molecular weight is 387 g/mol. The molecule has 0 atom stereocenters. The van der Waals surface area contributed by atoms with Gasteiger partial charge in [0.25, 0.3) is 0 Å². The zero-order valence-electron chi connectivity index (χ0n) is 16.8. The first-order valence-electron chi connectivity index (χ1n) is 9.52. The van der Waals surface area contributed by atoms with E-state index in [1.54, 1.807) is 11.3 Å². The van der Waals surface area contributed by atoms with Crippen LogP contribution in [0, 0.1) is 13.8 Å². The van der Waals surface area contributed by atoms with Crippen LogP contribution in [0.15, 0.2) is 47.0 Å². The van der Waals surface area contributed by atoms with Crippen molar-refractivity contribution in [3.05, 3.63) is 58.7 Å². The lowest BCUT2D eigenvalue weighted by molar-refractivity contribution is 0.586. The molecule has 0 spiro atoms. The zero-order valence-corrected chi connectivity index (χ0v) is 17.6. The Morgan fingerprint density at radius 3 is 2.46 bits per heavy atom. The number of thiazole rings is 1. The van der Waals surface area contributed by atoms with Gasteiger partial charge in [0.2, 0.25) is 0 Å². The summed E-state index contributed by atoms with van der Waals surface area (Å²) in [5, 5.41) is 3.35. The van der Waals surface area contributed by atoms with Crippen LogP contribution in [0.1, 0.15) is 36.9 Å². The molecule has 0 saturated heterocycles. The van der Waals surface area contributed by atoms with Gasteiger partial charge in [-0.15, -0.1) is 11.3 Å². The summed E-state index contributed by atoms with van der Waals surface area (Å²) in [6.45, 7) is 10.8. The Morgan fingerprint density at radius 1 is 0.929 bits per heavy atom. The van der Waals surface area contributed by atoms with Crippen LogP contribution in [0.4, 0.5) is 0 Å². The number of nitrogens with zero attached hydrogens (tertiary/aromatic N) is 2. The molecule has 2 aromatic carbocycles. The van der Waals surface area contributed by atoms with E-state index in [4.69, 9.17) is 9.40 Å². The highest BCUT2D eigenvalue weighted by Crippen LogP contribution is 2.40. The van der Waals surface area contributed by atoms with Gasteiger partial charge in [-0.1, -0.05) is 32.9 Å². The molecule has 0 radical (unpaired) electrons. The van der Waals surface area contributed by atoms with Gasteiger partial charge in [-0.3, -0.25) is 4.98 Å². The van der Waals surface area contributed by atoms with Crippen molar-refractivity contribution < 1.29 is 4.42 Å². The van der Waals surface area contributed by atoms with Crippen LogP contribution in [0.5, 0.6) is 0 Å². The summed E-state index contributed by atoms with van der Waals surface area (Å²) in [5.74, 6) is 0. The predicted molar refractivity (Wildman–Crippen MR) is 118 cm³/mol. The van der Waals surface area contributed by atoms with Crippen molar-refractivity contribution in [1.29, 1.82) is 0 Å². The Morgan fingerprint density at radius 2 is 1.71 bits per heavy atom. The van der Waals surface area contributed by atoms with Crippen molar-refractivity contribution in [3.63, 3.8) is 0 Å². The van der Waals surface area contributed by atoms with Crippen LogP contribution >= 0.6 is 11.3 Å². The Balaban J connectivity index is 1.83. The molecule has 0 N–H and O–H groups in total. The Bertz CT molecular complexity index is 1370. The van der Waals surface area contributed by atoms with Crippen molar-refractivity contribution in [2.75, 3.05) is 0 Å². The summed E-state index contributed by atoms with van der Waals surface area (Å²) in [5.41, 5.74) is 7.13. The second-order valence-corrected chi connectivity index (χ2v) is 9.53. The van der Waals surface area contributed by atoms with Gasteiger partial charge in [-0.2, -0.15) is 0 Å². The summed E-state index contributed by atoms with van der Waals surface area (Å²) in [4.78, 5) is 9.60. The standard InChI is InChI=1S/C24H22N2OS/c1-13-11-18(25-12-14(13)2)17-8-6-7-15-16-9-10-19-20(22(16)27-21(15)17)26-23(28-19)24(3,4)5/h6-12H,1-5H3. The highest BCUT2D eigenvalue weighted by Gasteiger charge is 2.22. The van der Waals surface area contributed by atoms with Gasteiger partial charge in [0.1, 0.15) is 11.1 Å². The number of aromatic nitrogens is 2. The summed E-state index contributed by atoms with van der Waals surface area (Å²) in [6, 6.07) is 12.7. The lowest BCUT2D eigenvalue weighted by atomic mass is 9.98. The Labute approximate surface area is 168 Å². The molecule has 5 rings (SSSR count). The van der Waals surface area contributed by atoms with Gasteiger partial charge in [0.05, 0.1) is 15.4 Å². The van der Waals surface area contributed by atoms with Gasteiger partial charge in [0, 0.05) is 27.9 Å². The maximum absolute atomic E-state index is 6.45. The van der Waals surface area contributed by atoms with E-state index in [0.29, 0.717) is 0 Å². The van der Waals surface area contributed by atoms with Crippen molar-refractivity contribution >= 4 is 43.5 Å². The van der Waals surface area contributed by atoms with Gasteiger partial charge in [-0.25, -0.2) is 4.98 Å². The van der Waals surface area contributed by atoms with Crippen LogP contribution in [0.2, 0.25) is 0 Å². The molecule has 5 aromatic rings. The van der Waals surface area contributed by atoms with Gasteiger partial charge in [-0.05, 0) is 49.2 Å². The fourth-order valence-electron chi connectivity index (χ4n) is 3.54.